The van der Waals surface area contributed by atoms with E-state index < -0.39 is 0 Å². The summed E-state index contributed by atoms with van der Waals surface area (Å²) in [6.45, 7) is 4.80. The second-order valence-electron chi connectivity index (χ2n) is 6.55. The number of para-hydroxylation sites is 2. The van der Waals surface area contributed by atoms with Crippen molar-refractivity contribution in [2.75, 3.05) is 27.3 Å². The molecule has 0 saturated carbocycles. The van der Waals surface area contributed by atoms with Crippen LogP contribution >= 0.6 is 0 Å². The van der Waals surface area contributed by atoms with Crippen molar-refractivity contribution >= 4 is 11.7 Å². The molecule has 8 heteroatoms. The minimum absolute atomic E-state index is 0.0566. The van der Waals surface area contributed by atoms with Crippen LogP contribution < -0.4 is 9.47 Å². The van der Waals surface area contributed by atoms with Crippen molar-refractivity contribution in [2.45, 2.75) is 26.7 Å². The van der Waals surface area contributed by atoms with E-state index in [2.05, 4.69) is 15.1 Å². The largest absolute Gasteiger partial charge is 0.493 e. The van der Waals surface area contributed by atoms with Gasteiger partial charge in [0.05, 0.1) is 13.7 Å². The molecule has 0 spiro atoms. The number of methoxy groups -OCH3 is 1. The molecule has 0 atom stereocenters. The summed E-state index contributed by atoms with van der Waals surface area (Å²) in [4.78, 5) is 22.8. The molecule has 8 nitrogen and oxygen atoms in total. The van der Waals surface area contributed by atoms with E-state index in [4.69, 9.17) is 9.47 Å². The Hall–Kier alpha value is -3.16. The molecule has 0 fully saturated rings. The van der Waals surface area contributed by atoms with Gasteiger partial charge in [0.15, 0.2) is 11.5 Å². The summed E-state index contributed by atoms with van der Waals surface area (Å²) in [5.41, 5.74) is 2.88. The summed E-state index contributed by atoms with van der Waals surface area (Å²) in [6, 6.07) is 7.46. The first kappa shape index (κ1) is 19.6. The van der Waals surface area contributed by atoms with Crippen molar-refractivity contribution in [3.05, 3.63) is 47.5 Å². The standard InChI is InChI=1S/C20H25N5O3/c1-14-16(15(2)25-20(23-14)21-13-22-25)9-10-19(26)24(3)11-12-28-18-8-6-5-7-17(18)27-4/h5-8,13H,9-12H2,1-4H3. The highest BCUT2D eigenvalue weighted by atomic mass is 16.5. The lowest BCUT2D eigenvalue weighted by molar-refractivity contribution is -0.130. The molecule has 3 aromatic rings. The van der Waals surface area contributed by atoms with Crippen LogP contribution in [0.4, 0.5) is 0 Å². The van der Waals surface area contributed by atoms with E-state index in [-0.39, 0.29) is 5.91 Å². The fraction of sp³-hybridized carbons (Fsp3) is 0.400. The van der Waals surface area contributed by atoms with Crippen molar-refractivity contribution < 1.29 is 14.3 Å². The van der Waals surface area contributed by atoms with E-state index in [1.54, 1.807) is 23.6 Å². The van der Waals surface area contributed by atoms with E-state index >= 15 is 0 Å². The molecule has 0 aliphatic rings. The number of nitrogens with zero attached hydrogens (tertiary/aromatic N) is 5. The summed E-state index contributed by atoms with van der Waals surface area (Å²) in [5, 5.41) is 4.19. The maximum absolute atomic E-state index is 12.5. The molecule has 1 aromatic carbocycles. The lowest BCUT2D eigenvalue weighted by Gasteiger charge is -2.18. The third kappa shape index (κ3) is 4.21. The Morgan fingerprint density at radius 3 is 2.71 bits per heavy atom. The first-order valence-electron chi connectivity index (χ1n) is 9.17. The number of aryl methyl sites for hydroxylation is 2. The number of carbonyl (C=O) groups excluding carboxylic acids is 1. The average molecular weight is 383 g/mol. The molecule has 1 amide bonds. The molecular weight excluding hydrogens is 358 g/mol. The fourth-order valence-corrected chi connectivity index (χ4v) is 3.10. The highest BCUT2D eigenvalue weighted by Crippen LogP contribution is 2.25. The first-order chi connectivity index (χ1) is 13.5. The Labute approximate surface area is 164 Å². The summed E-state index contributed by atoms with van der Waals surface area (Å²) in [6.07, 6.45) is 2.49. The average Bonchev–Trinajstić information content (AvgIpc) is 3.16. The van der Waals surface area contributed by atoms with E-state index in [0.717, 1.165) is 17.0 Å². The number of rotatable bonds is 8. The number of hydrogen-bond donors (Lipinski definition) is 0. The first-order valence-corrected chi connectivity index (χ1v) is 9.17. The molecule has 0 aliphatic heterocycles. The SMILES string of the molecule is COc1ccccc1OCCN(C)C(=O)CCc1c(C)nc2ncnn2c1C. The van der Waals surface area contributed by atoms with Crippen LogP contribution in [-0.4, -0.2) is 57.7 Å². The number of ether oxygens (including phenoxy) is 2. The number of hydrogen-bond acceptors (Lipinski definition) is 6. The zero-order chi connectivity index (χ0) is 20.1. The highest BCUT2D eigenvalue weighted by molar-refractivity contribution is 5.76. The Balaban J connectivity index is 1.53. The second kappa shape index (κ2) is 8.69. The highest BCUT2D eigenvalue weighted by Gasteiger charge is 2.15. The number of carbonyl (C=O) groups is 1. The molecule has 2 aromatic heterocycles. The second-order valence-corrected chi connectivity index (χ2v) is 6.55. The van der Waals surface area contributed by atoms with Crippen LogP contribution in [0.2, 0.25) is 0 Å². The summed E-state index contributed by atoms with van der Waals surface area (Å²) < 4.78 is 12.7. The van der Waals surface area contributed by atoms with E-state index in [9.17, 15) is 4.79 Å². The van der Waals surface area contributed by atoms with Crippen molar-refractivity contribution in [1.82, 2.24) is 24.5 Å². The Kier molecular flexibility index (Phi) is 6.08. The molecule has 2 heterocycles. The van der Waals surface area contributed by atoms with Gasteiger partial charge in [0, 0.05) is 24.9 Å². The number of amides is 1. The van der Waals surface area contributed by atoms with Crippen molar-refractivity contribution in [3.8, 4) is 11.5 Å². The minimum atomic E-state index is 0.0566. The third-order valence-electron chi connectivity index (χ3n) is 4.76. The Morgan fingerprint density at radius 1 is 1.21 bits per heavy atom. The summed E-state index contributed by atoms with van der Waals surface area (Å²) in [5.74, 6) is 1.99. The van der Waals surface area contributed by atoms with E-state index in [0.29, 0.717) is 43.3 Å². The van der Waals surface area contributed by atoms with Crippen molar-refractivity contribution in [3.63, 3.8) is 0 Å². The van der Waals surface area contributed by atoms with Gasteiger partial charge in [-0.2, -0.15) is 10.1 Å². The van der Waals surface area contributed by atoms with Gasteiger partial charge in [0.1, 0.15) is 12.9 Å². The van der Waals surface area contributed by atoms with Gasteiger partial charge < -0.3 is 14.4 Å². The Bertz CT molecular complexity index is 970. The molecule has 0 bridgehead atoms. The van der Waals surface area contributed by atoms with Crippen LogP contribution in [0.25, 0.3) is 5.78 Å². The lowest BCUT2D eigenvalue weighted by Crippen LogP contribution is -2.31. The van der Waals surface area contributed by atoms with Crippen LogP contribution in [-0.2, 0) is 11.2 Å². The third-order valence-corrected chi connectivity index (χ3v) is 4.76. The molecule has 3 rings (SSSR count). The predicted molar refractivity (Wildman–Crippen MR) is 105 cm³/mol. The van der Waals surface area contributed by atoms with Gasteiger partial charge in [-0.1, -0.05) is 12.1 Å². The normalized spacial score (nSPS) is 10.9. The molecule has 0 saturated heterocycles. The minimum Gasteiger partial charge on any atom is -0.493 e. The van der Waals surface area contributed by atoms with Crippen LogP contribution in [0.3, 0.4) is 0 Å². The number of aromatic nitrogens is 4. The molecule has 28 heavy (non-hydrogen) atoms. The summed E-state index contributed by atoms with van der Waals surface area (Å²) >= 11 is 0. The molecule has 148 valence electrons. The molecule has 0 radical (unpaired) electrons. The van der Waals surface area contributed by atoms with Crippen LogP contribution in [0.5, 0.6) is 11.5 Å². The van der Waals surface area contributed by atoms with E-state index in [1.165, 1.54) is 6.33 Å². The quantitative estimate of drug-likeness (QED) is 0.593. The topological polar surface area (TPSA) is 81.9 Å². The maximum Gasteiger partial charge on any atom is 0.252 e. The fourth-order valence-electron chi connectivity index (χ4n) is 3.10. The van der Waals surface area contributed by atoms with Crippen molar-refractivity contribution in [2.24, 2.45) is 0 Å². The van der Waals surface area contributed by atoms with Gasteiger partial charge in [-0.25, -0.2) is 9.50 Å². The number of likely N-dealkylation sites (N-methyl/N-ethyl adjacent to an activating group) is 1. The Morgan fingerprint density at radius 2 is 1.96 bits per heavy atom. The maximum atomic E-state index is 12.5. The predicted octanol–water partition coefficient (Wildman–Crippen LogP) is 2.22. The van der Waals surface area contributed by atoms with Crippen molar-refractivity contribution in [1.29, 1.82) is 0 Å². The van der Waals surface area contributed by atoms with Crippen LogP contribution in [0.1, 0.15) is 23.4 Å². The van der Waals surface area contributed by atoms with Gasteiger partial charge in [0.2, 0.25) is 5.91 Å². The molecular formula is C20H25N5O3. The van der Waals surface area contributed by atoms with Crippen LogP contribution in [0, 0.1) is 13.8 Å². The summed E-state index contributed by atoms with van der Waals surface area (Å²) in [7, 11) is 3.39. The van der Waals surface area contributed by atoms with Crippen LogP contribution in [0.15, 0.2) is 30.6 Å². The van der Waals surface area contributed by atoms with Gasteiger partial charge in [-0.05, 0) is 38.0 Å². The zero-order valence-corrected chi connectivity index (χ0v) is 16.7. The van der Waals surface area contributed by atoms with Gasteiger partial charge in [-0.3, -0.25) is 4.79 Å². The monoisotopic (exact) mass is 383 g/mol. The lowest BCUT2D eigenvalue weighted by atomic mass is 10.1. The molecule has 0 unspecified atom stereocenters. The number of fused-ring (bicyclic) bond motifs is 1. The van der Waals surface area contributed by atoms with Gasteiger partial charge in [0.25, 0.3) is 5.78 Å². The number of benzene rings is 1. The van der Waals surface area contributed by atoms with Gasteiger partial charge in [-0.15, -0.1) is 0 Å². The molecule has 0 aliphatic carbocycles. The van der Waals surface area contributed by atoms with Gasteiger partial charge >= 0.3 is 0 Å². The molecule has 0 N–H and O–H groups in total. The van der Waals surface area contributed by atoms with E-state index in [1.807, 2.05) is 38.1 Å². The smallest absolute Gasteiger partial charge is 0.252 e. The zero-order valence-electron chi connectivity index (χ0n) is 16.7.